The molecule has 0 fully saturated rings. The van der Waals surface area contributed by atoms with E-state index in [2.05, 4.69) is 24.5 Å². The number of hydrogen-bond donors (Lipinski definition) is 0. The standard InChI is InChI=1S/C10H16O2/c1-5-6-9(7-8(2)3)10(11)12-4/h1,8-9H,6-7H2,2-4H3. The van der Waals surface area contributed by atoms with Crippen molar-refractivity contribution in [2.24, 2.45) is 11.8 Å². The molecule has 0 aliphatic rings. The lowest BCUT2D eigenvalue weighted by atomic mass is 9.95. The summed E-state index contributed by atoms with van der Waals surface area (Å²) in [5, 5.41) is 0. The third-order valence-corrected chi connectivity index (χ3v) is 1.65. The number of carbonyl (C=O) groups is 1. The second kappa shape index (κ2) is 5.65. The molecular formula is C10H16O2. The molecule has 2 nitrogen and oxygen atoms in total. The van der Waals surface area contributed by atoms with Crippen LogP contribution in [0.3, 0.4) is 0 Å². The van der Waals surface area contributed by atoms with E-state index < -0.39 is 0 Å². The first-order chi connectivity index (χ1) is 5.61. The molecule has 1 atom stereocenters. The lowest BCUT2D eigenvalue weighted by Gasteiger charge is -2.13. The summed E-state index contributed by atoms with van der Waals surface area (Å²) < 4.78 is 4.63. The Labute approximate surface area is 74.3 Å². The van der Waals surface area contributed by atoms with Gasteiger partial charge in [-0.3, -0.25) is 4.79 Å². The average Bonchev–Trinajstić information content (AvgIpc) is 2.01. The predicted molar refractivity (Wildman–Crippen MR) is 48.4 cm³/mol. The summed E-state index contributed by atoms with van der Waals surface area (Å²) in [5.41, 5.74) is 0. The first kappa shape index (κ1) is 11.0. The quantitative estimate of drug-likeness (QED) is 0.473. The van der Waals surface area contributed by atoms with Crippen LogP contribution in [0.15, 0.2) is 0 Å². The number of carbonyl (C=O) groups excluding carboxylic acids is 1. The van der Waals surface area contributed by atoms with E-state index in [0.29, 0.717) is 12.3 Å². The highest BCUT2D eigenvalue weighted by Gasteiger charge is 2.18. The fourth-order valence-electron chi connectivity index (χ4n) is 1.14. The van der Waals surface area contributed by atoms with Crippen molar-refractivity contribution in [3.8, 4) is 12.3 Å². The Morgan fingerprint density at radius 2 is 2.17 bits per heavy atom. The number of methoxy groups -OCH3 is 1. The van der Waals surface area contributed by atoms with Crippen LogP contribution in [0.5, 0.6) is 0 Å². The fourth-order valence-corrected chi connectivity index (χ4v) is 1.14. The van der Waals surface area contributed by atoms with Gasteiger partial charge in [-0.1, -0.05) is 13.8 Å². The Morgan fingerprint density at radius 3 is 2.50 bits per heavy atom. The van der Waals surface area contributed by atoms with E-state index in [1.807, 2.05) is 0 Å². The third kappa shape index (κ3) is 4.02. The molecule has 68 valence electrons. The lowest BCUT2D eigenvalue weighted by Crippen LogP contribution is -2.17. The molecule has 0 N–H and O–H groups in total. The van der Waals surface area contributed by atoms with Gasteiger partial charge in [-0.15, -0.1) is 12.3 Å². The molecule has 2 heteroatoms. The van der Waals surface area contributed by atoms with Gasteiger partial charge in [-0.2, -0.15) is 0 Å². The molecule has 0 saturated heterocycles. The minimum absolute atomic E-state index is 0.125. The summed E-state index contributed by atoms with van der Waals surface area (Å²) in [7, 11) is 1.40. The Bertz CT molecular complexity index is 177. The first-order valence-corrected chi connectivity index (χ1v) is 4.13. The molecule has 12 heavy (non-hydrogen) atoms. The van der Waals surface area contributed by atoms with Gasteiger partial charge in [-0.25, -0.2) is 0 Å². The fraction of sp³-hybridized carbons (Fsp3) is 0.700. The van der Waals surface area contributed by atoms with Crippen LogP contribution in [-0.4, -0.2) is 13.1 Å². The molecule has 0 rings (SSSR count). The van der Waals surface area contributed by atoms with Crippen LogP contribution < -0.4 is 0 Å². The number of terminal acetylenes is 1. The van der Waals surface area contributed by atoms with Gasteiger partial charge in [0, 0.05) is 6.42 Å². The largest absolute Gasteiger partial charge is 0.469 e. The van der Waals surface area contributed by atoms with Gasteiger partial charge in [-0.05, 0) is 12.3 Å². The normalized spacial score (nSPS) is 12.2. The van der Waals surface area contributed by atoms with E-state index in [4.69, 9.17) is 6.42 Å². The highest BCUT2D eigenvalue weighted by Crippen LogP contribution is 2.16. The molecule has 0 saturated carbocycles. The van der Waals surface area contributed by atoms with E-state index >= 15 is 0 Å². The molecule has 0 spiro atoms. The summed E-state index contributed by atoms with van der Waals surface area (Å²) in [6.45, 7) is 4.12. The maximum atomic E-state index is 11.1. The van der Waals surface area contributed by atoms with E-state index in [9.17, 15) is 4.79 Å². The molecule has 0 bridgehead atoms. The van der Waals surface area contributed by atoms with Crippen LogP contribution in [0.2, 0.25) is 0 Å². The summed E-state index contributed by atoms with van der Waals surface area (Å²) in [6, 6.07) is 0. The van der Waals surface area contributed by atoms with Crippen molar-refractivity contribution < 1.29 is 9.53 Å². The number of ether oxygens (including phenoxy) is 1. The van der Waals surface area contributed by atoms with E-state index in [1.165, 1.54) is 7.11 Å². The summed E-state index contributed by atoms with van der Waals surface area (Å²) in [6.07, 6.45) is 6.42. The topological polar surface area (TPSA) is 26.3 Å². The number of hydrogen-bond acceptors (Lipinski definition) is 2. The van der Waals surface area contributed by atoms with Crippen molar-refractivity contribution >= 4 is 5.97 Å². The Hall–Kier alpha value is -0.970. The van der Waals surface area contributed by atoms with Crippen molar-refractivity contribution in [3.63, 3.8) is 0 Å². The van der Waals surface area contributed by atoms with Gasteiger partial charge in [0.1, 0.15) is 0 Å². The average molecular weight is 168 g/mol. The zero-order valence-electron chi connectivity index (χ0n) is 7.96. The molecule has 0 aliphatic carbocycles. The second-order valence-electron chi connectivity index (χ2n) is 3.26. The minimum Gasteiger partial charge on any atom is -0.469 e. The van der Waals surface area contributed by atoms with Crippen molar-refractivity contribution in [1.82, 2.24) is 0 Å². The maximum Gasteiger partial charge on any atom is 0.309 e. The summed E-state index contributed by atoms with van der Waals surface area (Å²) in [4.78, 5) is 11.1. The monoisotopic (exact) mass is 168 g/mol. The highest BCUT2D eigenvalue weighted by atomic mass is 16.5. The van der Waals surface area contributed by atoms with Crippen LogP contribution in [-0.2, 0) is 9.53 Å². The smallest absolute Gasteiger partial charge is 0.309 e. The van der Waals surface area contributed by atoms with Crippen molar-refractivity contribution in [2.45, 2.75) is 26.7 Å². The van der Waals surface area contributed by atoms with Crippen LogP contribution in [0.4, 0.5) is 0 Å². The second-order valence-corrected chi connectivity index (χ2v) is 3.26. The first-order valence-electron chi connectivity index (χ1n) is 4.13. The van der Waals surface area contributed by atoms with Gasteiger partial charge >= 0.3 is 5.97 Å². The molecule has 0 heterocycles. The van der Waals surface area contributed by atoms with Crippen LogP contribution in [0, 0.1) is 24.2 Å². The number of esters is 1. The summed E-state index contributed by atoms with van der Waals surface area (Å²) in [5.74, 6) is 2.64. The molecule has 1 unspecified atom stereocenters. The Kier molecular flexibility index (Phi) is 5.19. The Balaban J connectivity index is 4.05. The summed E-state index contributed by atoms with van der Waals surface area (Å²) >= 11 is 0. The van der Waals surface area contributed by atoms with Gasteiger partial charge in [0.25, 0.3) is 0 Å². The molecule has 0 amide bonds. The third-order valence-electron chi connectivity index (χ3n) is 1.65. The molecule has 0 radical (unpaired) electrons. The van der Waals surface area contributed by atoms with Gasteiger partial charge < -0.3 is 4.74 Å². The zero-order chi connectivity index (χ0) is 9.56. The molecule has 0 aromatic carbocycles. The SMILES string of the molecule is C#CCC(CC(C)C)C(=O)OC. The lowest BCUT2D eigenvalue weighted by molar-refractivity contribution is -0.145. The van der Waals surface area contributed by atoms with E-state index in [-0.39, 0.29) is 11.9 Å². The van der Waals surface area contributed by atoms with Crippen molar-refractivity contribution in [3.05, 3.63) is 0 Å². The van der Waals surface area contributed by atoms with Gasteiger partial charge in [0.2, 0.25) is 0 Å². The van der Waals surface area contributed by atoms with Crippen LogP contribution >= 0.6 is 0 Å². The number of rotatable bonds is 4. The maximum absolute atomic E-state index is 11.1. The zero-order valence-corrected chi connectivity index (χ0v) is 7.96. The minimum atomic E-state index is -0.193. The van der Waals surface area contributed by atoms with E-state index in [0.717, 1.165) is 6.42 Å². The predicted octanol–water partition coefficient (Wildman–Crippen LogP) is 1.84. The van der Waals surface area contributed by atoms with Gasteiger partial charge in [0.05, 0.1) is 13.0 Å². The molecule has 0 aromatic heterocycles. The highest BCUT2D eigenvalue weighted by molar-refractivity contribution is 5.72. The molecule has 0 aromatic rings. The van der Waals surface area contributed by atoms with Crippen LogP contribution in [0.25, 0.3) is 0 Å². The van der Waals surface area contributed by atoms with Crippen molar-refractivity contribution in [2.75, 3.05) is 7.11 Å². The van der Waals surface area contributed by atoms with Crippen LogP contribution in [0.1, 0.15) is 26.7 Å². The molecular weight excluding hydrogens is 152 g/mol. The van der Waals surface area contributed by atoms with Crippen molar-refractivity contribution in [1.29, 1.82) is 0 Å². The Morgan fingerprint density at radius 1 is 1.58 bits per heavy atom. The van der Waals surface area contributed by atoms with E-state index in [1.54, 1.807) is 0 Å². The van der Waals surface area contributed by atoms with Gasteiger partial charge in [0.15, 0.2) is 0 Å². The molecule has 0 aliphatic heterocycles.